The van der Waals surface area contributed by atoms with Crippen LogP contribution in [0.5, 0.6) is 17.2 Å². The van der Waals surface area contributed by atoms with Crippen LogP contribution >= 0.6 is 0 Å². The van der Waals surface area contributed by atoms with Gasteiger partial charge in [0.05, 0.1) is 26.9 Å². The zero-order valence-electron chi connectivity index (χ0n) is 16.3. The summed E-state index contributed by atoms with van der Waals surface area (Å²) in [5.74, 6) is -0.127. The van der Waals surface area contributed by atoms with E-state index in [1.165, 1.54) is 45.8 Å². The van der Waals surface area contributed by atoms with E-state index in [-0.39, 0.29) is 22.7 Å². The summed E-state index contributed by atoms with van der Waals surface area (Å²) in [6.07, 6.45) is 1.25. The van der Waals surface area contributed by atoms with Crippen molar-refractivity contribution in [2.24, 2.45) is 0 Å². The normalized spacial score (nSPS) is 10.5. The van der Waals surface area contributed by atoms with Gasteiger partial charge in [-0.3, -0.25) is 4.79 Å². The molecule has 0 atom stereocenters. The third kappa shape index (κ3) is 3.77. The largest absolute Gasteiger partial charge is 0.493 e. The van der Waals surface area contributed by atoms with Gasteiger partial charge in [0, 0.05) is 11.1 Å². The maximum absolute atomic E-state index is 12.9. The van der Waals surface area contributed by atoms with Gasteiger partial charge in [0.2, 0.25) is 17.4 Å². The Morgan fingerprint density at radius 2 is 1.66 bits per heavy atom. The Morgan fingerprint density at radius 3 is 2.17 bits per heavy atom. The molecular weight excluding hydrogens is 378 g/mol. The van der Waals surface area contributed by atoms with Crippen molar-refractivity contribution in [3.8, 4) is 28.7 Å². The van der Waals surface area contributed by atoms with Gasteiger partial charge in [-0.1, -0.05) is 0 Å². The number of benzene rings is 2. The summed E-state index contributed by atoms with van der Waals surface area (Å²) in [7, 11) is 4.40. The molecule has 0 aliphatic heterocycles. The van der Waals surface area contributed by atoms with Gasteiger partial charge in [0.25, 0.3) is 0 Å². The van der Waals surface area contributed by atoms with Crippen molar-refractivity contribution in [3.63, 3.8) is 0 Å². The molecule has 0 radical (unpaired) electrons. The first-order valence-electron chi connectivity index (χ1n) is 8.54. The minimum Gasteiger partial charge on any atom is -0.493 e. The maximum Gasteiger partial charge on any atom is 0.335 e. The number of rotatable bonds is 7. The average Bonchev–Trinajstić information content (AvgIpc) is 3.21. The highest BCUT2D eigenvalue weighted by Gasteiger charge is 2.21. The zero-order chi connectivity index (χ0) is 21.1. The van der Waals surface area contributed by atoms with E-state index in [0.29, 0.717) is 28.4 Å². The second kappa shape index (κ2) is 8.05. The average molecular weight is 397 g/mol. The van der Waals surface area contributed by atoms with Crippen LogP contribution in [-0.2, 0) is 0 Å². The van der Waals surface area contributed by atoms with Crippen molar-refractivity contribution in [2.75, 3.05) is 21.3 Å². The topological polar surface area (TPSA) is 108 Å². The molecule has 0 spiro atoms. The Bertz CT molecular complexity index is 1060. The molecule has 8 heteroatoms. The summed E-state index contributed by atoms with van der Waals surface area (Å²) in [5, 5.41) is 9.14. The van der Waals surface area contributed by atoms with Gasteiger partial charge in [0.15, 0.2) is 17.2 Å². The first-order valence-corrected chi connectivity index (χ1v) is 8.54. The van der Waals surface area contributed by atoms with E-state index in [1.807, 2.05) is 0 Å². The number of carbonyl (C=O) groups is 2. The fraction of sp³-hybridized carbons (Fsp3) is 0.190. The van der Waals surface area contributed by atoms with Crippen molar-refractivity contribution < 1.29 is 33.3 Å². The number of oxazole rings is 1. The van der Waals surface area contributed by atoms with Gasteiger partial charge in [-0.2, -0.15) is 0 Å². The second-order valence-electron chi connectivity index (χ2n) is 6.12. The molecule has 2 aromatic carbocycles. The summed E-state index contributed by atoms with van der Waals surface area (Å²) in [6.45, 7) is 1.68. The van der Waals surface area contributed by atoms with Crippen LogP contribution in [0, 0.1) is 6.92 Å². The number of ketones is 1. The summed E-state index contributed by atoms with van der Waals surface area (Å²) < 4.78 is 21.3. The predicted octanol–water partition coefficient (Wildman–Crippen LogP) is 3.61. The molecule has 0 bridgehead atoms. The Hall–Kier alpha value is -3.81. The van der Waals surface area contributed by atoms with Crippen molar-refractivity contribution >= 4 is 11.8 Å². The molecule has 1 heterocycles. The van der Waals surface area contributed by atoms with Crippen LogP contribution in [0.15, 0.2) is 41.0 Å². The smallest absolute Gasteiger partial charge is 0.335 e. The number of carboxylic acid groups (broad SMARTS) is 1. The van der Waals surface area contributed by atoms with Gasteiger partial charge in [-0.15, -0.1) is 0 Å². The van der Waals surface area contributed by atoms with Gasteiger partial charge >= 0.3 is 5.97 Å². The standard InChI is InChI=1S/C21H19NO7/c1-11-7-12(5-6-14(11)21(24)25)20-22-15(10-29-20)18(23)13-8-16(26-2)19(28-4)17(9-13)27-3/h5-10H,1-4H3,(H,24,25). The lowest BCUT2D eigenvalue weighted by atomic mass is 10.1. The monoisotopic (exact) mass is 397 g/mol. The van der Waals surface area contributed by atoms with E-state index in [2.05, 4.69) is 4.98 Å². The summed E-state index contributed by atoms with van der Waals surface area (Å²) in [6, 6.07) is 7.75. The van der Waals surface area contributed by atoms with Crippen LogP contribution in [0.1, 0.15) is 32.0 Å². The molecule has 8 nitrogen and oxygen atoms in total. The molecular formula is C21H19NO7. The molecule has 150 valence electrons. The SMILES string of the molecule is COc1cc(C(=O)c2coc(-c3ccc(C(=O)O)c(C)c3)n2)cc(OC)c1OC. The van der Waals surface area contributed by atoms with Gasteiger partial charge < -0.3 is 23.7 Å². The lowest BCUT2D eigenvalue weighted by Crippen LogP contribution is -2.04. The Morgan fingerprint density at radius 1 is 1.00 bits per heavy atom. The molecule has 0 amide bonds. The van der Waals surface area contributed by atoms with E-state index >= 15 is 0 Å². The molecule has 0 unspecified atom stereocenters. The predicted molar refractivity (Wildman–Crippen MR) is 103 cm³/mol. The van der Waals surface area contributed by atoms with Crippen LogP contribution < -0.4 is 14.2 Å². The summed E-state index contributed by atoms with van der Waals surface area (Å²) in [4.78, 5) is 28.3. The van der Waals surface area contributed by atoms with Crippen LogP contribution in [0.25, 0.3) is 11.5 Å². The fourth-order valence-electron chi connectivity index (χ4n) is 2.91. The number of aryl methyl sites for hydroxylation is 1. The van der Waals surface area contributed by atoms with Crippen molar-refractivity contribution in [3.05, 3.63) is 59.0 Å². The molecule has 3 aromatic rings. The quantitative estimate of drug-likeness (QED) is 0.603. The first kappa shape index (κ1) is 19.9. The first-order chi connectivity index (χ1) is 13.9. The van der Waals surface area contributed by atoms with Crippen LogP contribution in [0.4, 0.5) is 0 Å². The lowest BCUT2D eigenvalue weighted by molar-refractivity contribution is 0.0696. The number of ether oxygens (including phenoxy) is 3. The Labute approximate surface area is 166 Å². The number of aromatic nitrogens is 1. The number of carboxylic acids is 1. The van der Waals surface area contributed by atoms with Crippen LogP contribution in [0.2, 0.25) is 0 Å². The molecule has 0 saturated carbocycles. The highest BCUT2D eigenvalue weighted by atomic mass is 16.5. The second-order valence-corrected chi connectivity index (χ2v) is 6.12. The molecule has 0 aliphatic carbocycles. The zero-order valence-corrected chi connectivity index (χ0v) is 16.3. The number of aromatic carboxylic acids is 1. The van der Waals surface area contributed by atoms with Crippen LogP contribution in [-0.4, -0.2) is 43.2 Å². The number of nitrogens with zero attached hydrogens (tertiary/aromatic N) is 1. The Balaban J connectivity index is 1.96. The molecule has 29 heavy (non-hydrogen) atoms. The molecule has 0 fully saturated rings. The maximum atomic E-state index is 12.9. The van der Waals surface area contributed by atoms with Gasteiger partial charge in [-0.05, 0) is 42.8 Å². The highest BCUT2D eigenvalue weighted by molar-refractivity contribution is 6.08. The van der Waals surface area contributed by atoms with Gasteiger partial charge in [0.1, 0.15) is 6.26 Å². The number of carbonyl (C=O) groups excluding carboxylic acids is 1. The fourth-order valence-corrected chi connectivity index (χ4v) is 2.91. The molecule has 1 N–H and O–H groups in total. The third-order valence-corrected chi connectivity index (χ3v) is 4.37. The minimum atomic E-state index is -1.01. The lowest BCUT2D eigenvalue weighted by Gasteiger charge is -2.13. The summed E-state index contributed by atoms with van der Waals surface area (Å²) >= 11 is 0. The van der Waals surface area contributed by atoms with Crippen molar-refractivity contribution in [2.45, 2.75) is 6.92 Å². The molecule has 0 saturated heterocycles. The molecule has 1 aromatic heterocycles. The highest BCUT2D eigenvalue weighted by Crippen LogP contribution is 2.38. The van der Waals surface area contributed by atoms with E-state index in [0.717, 1.165) is 0 Å². The van der Waals surface area contributed by atoms with Crippen molar-refractivity contribution in [1.82, 2.24) is 4.98 Å². The van der Waals surface area contributed by atoms with E-state index in [4.69, 9.17) is 23.7 Å². The van der Waals surface area contributed by atoms with Gasteiger partial charge in [-0.25, -0.2) is 9.78 Å². The number of methoxy groups -OCH3 is 3. The number of hydrogen-bond acceptors (Lipinski definition) is 7. The van der Waals surface area contributed by atoms with Crippen molar-refractivity contribution in [1.29, 1.82) is 0 Å². The minimum absolute atomic E-state index is 0.0919. The Kier molecular flexibility index (Phi) is 5.54. The number of hydrogen-bond donors (Lipinski definition) is 1. The van der Waals surface area contributed by atoms with Crippen LogP contribution in [0.3, 0.4) is 0 Å². The van der Waals surface area contributed by atoms with E-state index in [9.17, 15) is 9.59 Å². The third-order valence-electron chi connectivity index (χ3n) is 4.37. The van der Waals surface area contributed by atoms with E-state index in [1.54, 1.807) is 19.1 Å². The molecule has 3 rings (SSSR count). The summed E-state index contributed by atoms with van der Waals surface area (Å²) in [5.41, 5.74) is 1.70. The van der Waals surface area contributed by atoms with E-state index < -0.39 is 11.8 Å². The molecule has 0 aliphatic rings.